The number of ether oxygens (including phenoxy) is 2. The summed E-state index contributed by atoms with van der Waals surface area (Å²) in [5.74, 6) is 1.01. The summed E-state index contributed by atoms with van der Waals surface area (Å²) in [5.41, 5.74) is 2.07. The first-order valence-corrected chi connectivity index (χ1v) is 10.0. The van der Waals surface area contributed by atoms with Gasteiger partial charge in [-0.1, -0.05) is 24.9 Å². The van der Waals surface area contributed by atoms with E-state index >= 15 is 0 Å². The van der Waals surface area contributed by atoms with Crippen LogP contribution in [0.2, 0.25) is 0 Å². The molecule has 1 heterocycles. The van der Waals surface area contributed by atoms with Gasteiger partial charge in [-0.25, -0.2) is 4.79 Å². The number of benzene rings is 1. The quantitative estimate of drug-likeness (QED) is 0.713. The standard InChI is InChI=1S/C22H28N2O5/c1-14-6-4-5-7-20(14)23-21(25)13-28-22(26)17-8-10-18(11-9-17)27-12-19-15(2)24-29-16(19)3/h8-11,14,20H,4-7,12-13H2,1-3H3,(H,23,25)/t14-,20-/m0/s1. The third-order valence-electron chi connectivity index (χ3n) is 5.45. The monoisotopic (exact) mass is 400 g/mol. The molecule has 7 heteroatoms. The Morgan fingerprint density at radius 1 is 1.17 bits per heavy atom. The SMILES string of the molecule is Cc1noc(C)c1COc1ccc(C(=O)OCC(=O)N[C@H]2CCCC[C@@H]2C)cc1. The van der Waals surface area contributed by atoms with Gasteiger partial charge in [0.2, 0.25) is 0 Å². The van der Waals surface area contributed by atoms with Crippen LogP contribution in [-0.2, 0) is 16.1 Å². The van der Waals surface area contributed by atoms with Crippen molar-refractivity contribution in [1.82, 2.24) is 10.5 Å². The minimum absolute atomic E-state index is 0.170. The van der Waals surface area contributed by atoms with Crippen molar-refractivity contribution in [3.63, 3.8) is 0 Å². The molecular weight excluding hydrogens is 372 g/mol. The fourth-order valence-corrected chi connectivity index (χ4v) is 3.54. The predicted molar refractivity (Wildman–Crippen MR) is 107 cm³/mol. The fraction of sp³-hybridized carbons (Fsp3) is 0.500. The molecule has 0 spiro atoms. The smallest absolute Gasteiger partial charge is 0.338 e. The number of amides is 1. The van der Waals surface area contributed by atoms with Crippen LogP contribution in [0.1, 0.15) is 60.0 Å². The number of hydrogen-bond donors (Lipinski definition) is 1. The summed E-state index contributed by atoms with van der Waals surface area (Å²) in [5, 5.41) is 6.87. The first-order valence-electron chi connectivity index (χ1n) is 10.0. The van der Waals surface area contributed by atoms with E-state index in [0.29, 0.717) is 23.8 Å². The Hall–Kier alpha value is -2.83. The van der Waals surface area contributed by atoms with Gasteiger partial charge in [-0.15, -0.1) is 0 Å². The van der Waals surface area contributed by atoms with Gasteiger partial charge in [-0.2, -0.15) is 0 Å². The minimum Gasteiger partial charge on any atom is -0.489 e. The Balaban J connectivity index is 1.45. The molecule has 2 atom stereocenters. The zero-order valence-corrected chi connectivity index (χ0v) is 17.2. The second kappa shape index (κ2) is 9.58. The van der Waals surface area contributed by atoms with Crippen LogP contribution in [-0.4, -0.2) is 29.7 Å². The van der Waals surface area contributed by atoms with Gasteiger partial charge < -0.3 is 19.3 Å². The number of carbonyl (C=O) groups excluding carboxylic acids is 2. The van der Waals surface area contributed by atoms with Gasteiger partial charge in [-0.05, 0) is 56.9 Å². The Kier molecular flexibility index (Phi) is 6.90. The maximum Gasteiger partial charge on any atom is 0.338 e. The van der Waals surface area contributed by atoms with E-state index in [-0.39, 0.29) is 18.6 Å². The predicted octanol–water partition coefficient (Wildman–Crippen LogP) is 3.72. The van der Waals surface area contributed by atoms with E-state index in [9.17, 15) is 9.59 Å². The van der Waals surface area contributed by atoms with Crippen LogP contribution in [0.25, 0.3) is 0 Å². The van der Waals surface area contributed by atoms with Crippen molar-refractivity contribution in [2.75, 3.05) is 6.61 Å². The molecule has 1 fully saturated rings. The molecule has 7 nitrogen and oxygen atoms in total. The molecule has 1 aromatic carbocycles. The molecule has 3 rings (SSSR count). The molecule has 1 amide bonds. The van der Waals surface area contributed by atoms with Crippen LogP contribution >= 0.6 is 0 Å². The molecule has 0 bridgehead atoms. The maximum atomic E-state index is 12.2. The van der Waals surface area contributed by atoms with Crippen LogP contribution in [0.5, 0.6) is 5.75 Å². The lowest BCUT2D eigenvalue weighted by molar-refractivity contribution is -0.125. The van der Waals surface area contributed by atoms with E-state index in [0.717, 1.165) is 36.3 Å². The largest absolute Gasteiger partial charge is 0.489 e. The molecule has 0 radical (unpaired) electrons. The van der Waals surface area contributed by atoms with E-state index in [4.69, 9.17) is 14.0 Å². The van der Waals surface area contributed by atoms with Gasteiger partial charge in [-0.3, -0.25) is 4.79 Å². The summed E-state index contributed by atoms with van der Waals surface area (Å²) in [6.45, 7) is 5.91. The van der Waals surface area contributed by atoms with Crippen LogP contribution < -0.4 is 10.1 Å². The summed E-state index contributed by atoms with van der Waals surface area (Å²) in [7, 11) is 0. The number of nitrogens with one attached hydrogen (secondary N) is 1. The molecule has 0 unspecified atom stereocenters. The van der Waals surface area contributed by atoms with Gasteiger partial charge in [0.1, 0.15) is 18.1 Å². The fourth-order valence-electron chi connectivity index (χ4n) is 3.54. The van der Waals surface area contributed by atoms with Crippen LogP contribution in [0.4, 0.5) is 0 Å². The number of aryl methyl sites for hydroxylation is 2. The van der Waals surface area contributed by atoms with Crippen molar-refractivity contribution < 1.29 is 23.6 Å². The molecule has 2 aromatic rings. The van der Waals surface area contributed by atoms with Crippen molar-refractivity contribution in [1.29, 1.82) is 0 Å². The first kappa shape index (κ1) is 20.9. The van der Waals surface area contributed by atoms with E-state index in [1.807, 2.05) is 13.8 Å². The average Bonchev–Trinajstić information content (AvgIpc) is 3.04. The van der Waals surface area contributed by atoms with E-state index in [1.54, 1.807) is 24.3 Å². The van der Waals surface area contributed by atoms with Crippen molar-refractivity contribution in [3.8, 4) is 5.75 Å². The third kappa shape index (κ3) is 5.59. The lowest BCUT2D eigenvalue weighted by Crippen LogP contribution is -2.42. The molecule has 1 aromatic heterocycles. The number of aromatic nitrogens is 1. The number of rotatable bonds is 7. The molecule has 1 aliphatic carbocycles. The Morgan fingerprint density at radius 2 is 1.90 bits per heavy atom. The zero-order chi connectivity index (χ0) is 20.8. The van der Waals surface area contributed by atoms with Gasteiger partial charge in [0, 0.05) is 6.04 Å². The highest BCUT2D eigenvalue weighted by atomic mass is 16.5. The zero-order valence-electron chi connectivity index (χ0n) is 17.2. The van der Waals surface area contributed by atoms with E-state index < -0.39 is 5.97 Å². The van der Waals surface area contributed by atoms with Crippen LogP contribution in [0.3, 0.4) is 0 Å². The highest BCUT2D eigenvalue weighted by molar-refractivity contribution is 5.91. The average molecular weight is 400 g/mol. The second-order valence-electron chi connectivity index (χ2n) is 7.63. The second-order valence-corrected chi connectivity index (χ2v) is 7.63. The Labute approximate surface area is 170 Å². The van der Waals surface area contributed by atoms with Gasteiger partial charge in [0.05, 0.1) is 16.8 Å². The third-order valence-corrected chi connectivity index (χ3v) is 5.45. The molecule has 156 valence electrons. The van der Waals surface area contributed by atoms with E-state index in [2.05, 4.69) is 17.4 Å². The lowest BCUT2D eigenvalue weighted by atomic mass is 9.86. The summed E-state index contributed by atoms with van der Waals surface area (Å²) in [4.78, 5) is 24.3. The topological polar surface area (TPSA) is 90.7 Å². The molecule has 1 N–H and O–H groups in total. The van der Waals surface area contributed by atoms with Gasteiger partial charge in [0.25, 0.3) is 5.91 Å². The molecular formula is C22H28N2O5. The molecule has 29 heavy (non-hydrogen) atoms. The molecule has 0 aliphatic heterocycles. The summed E-state index contributed by atoms with van der Waals surface area (Å²) in [6.07, 6.45) is 4.44. The van der Waals surface area contributed by atoms with Crippen molar-refractivity contribution in [2.45, 2.75) is 59.1 Å². The highest BCUT2D eigenvalue weighted by Gasteiger charge is 2.23. The van der Waals surface area contributed by atoms with Crippen molar-refractivity contribution >= 4 is 11.9 Å². The molecule has 1 aliphatic rings. The first-order chi connectivity index (χ1) is 13.9. The maximum absolute atomic E-state index is 12.2. The normalized spacial score (nSPS) is 18.9. The van der Waals surface area contributed by atoms with Gasteiger partial charge >= 0.3 is 5.97 Å². The number of nitrogens with zero attached hydrogens (tertiary/aromatic N) is 1. The minimum atomic E-state index is -0.533. The van der Waals surface area contributed by atoms with Crippen molar-refractivity contribution in [3.05, 3.63) is 46.8 Å². The molecule has 1 saturated carbocycles. The number of carbonyl (C=O) groups is 2. The highest BCUT2D eigenvalue weighted by Crippen LogP contribution is 2.23. The molecule has 0 saturated heterocycles. The number of esters is 1. The summed E-state index contributed by atoms with van der Waals surface area (Å²) < 4.78 is 16.0. The Bertz CT molecular complexity index is 824. The lowest BCUT2D eigenvalue weighted by Gasteiger charge is -2.29. The van der Waals surface area contributed by atoms with Gasteiger partial charge in [0.15, 0.2) is 6.61 Å². The van der Waals surface area contributed by atoms with Crippen LogP contribution in [0, 0.1) is 19.8 Å². The summed E-state index contributed by atoms with van der Waals surface area (Å²) >= 11 is 0. The number of hydrogen-bond acceptors (Lipinski definition) is 6. The van der Waals surface area contributed by atoms with Crippen molar-refractivity contribution in [2.24, 2.45) is 5.92 Å². The summed E-state index contributed by atoms with van der Waals surface area (Å²) in [6, 6.07) is 6.79. The Morgan fingerprint density at radius 3 is 2.55 bits per heavy atom. The van der Waals surface area contributed by atoms with Crippen LogP contribution in [0.15, 0.2) is 28.8 Å². The van der Waals surface area contributed by atoms with E-state index in [1.165, 1.54) is 6.42 Å².